The summed E-state index contributed by atoms with van der Waals surface area (Å²) in [5, 5.41) is 15.4. The fourth-order valence-electron chi connectivity index (χ4n) is 3.46. The van der Waals surface area contributed by atoms with Crippen molar-refractivity contribution in [3.05, 3.63) is 48.4 Å². The third-order valence-corrected chi connectivity index (χ3v) is 4.55. The number of hydrogen-bond acceptors (Lipinski definition) is 5. The number of aromatic nitrogens is 4. The minimum absolute atomic E-state index is 0.00255. The minimum Gasteiger partial charge on any atom is -0.345 e. The number of anilines is 1. The number of nitrogens with zero attached hydrogens (tertiary/aromatic N) is 5. The fourth-order valence-corrected chi connectivity index (χ4v) is 3.46. The van der Waals surface area contributed by atoms with Crippen LogP contribution in [0.1, 0.15) is 24.6 Å². The van der Waals surface area contributed by atoms with E-state index in [2.05, 4.69) is 32.3 Å². The maximum Gasteiger partial charge on any atom is 0.151 e. The second kappa shape index (κ2) is 5.62. The van der Waals surface area contributed by atoms with Gasteiger partial charge >= 0.3 is 0 Å². The largest absolute Gasteiger partial charge is 0.345 e. The Balaban J connectivity index is 1.85. The number of benzene rings is 1. The lowest BCUT2D eigenvalue weighted by molar-refractivity contribution is 0.400. The number of hydrogen-bond donors (Lipinski definition) is 1. The molecule has 0 radical (unpaired) electrons. The molecule has 0 aliphatic carbocycles. The summed E-state index contributed by atoms with van der Waals surface area (Å²) < 4.78 is 1.82. The van der Waals surface area contributed by atoms with Crippen LogP contribution in [0.25, 0.3) is 10.8 Å². The highest BCUT2D eigenvalue weighted by atomic mass is 15.4. The molecule has 2 unspecified atom stereocenters. The summed E-state index contributed by atoms with van der Waals surface area (Å²) in [4.78, 5) is 2.27. The zero-order chi connectivity index (χ0) is 15.8. The lowest BCUT2D eigenvalue weighted by Gasteiger charge is -2.39. The van der Waals surface area contributed by atoms with Crippen molar-refractivity contribution in [1.82, 2.24) is 20.0 Å². The van der Waals surface area contributed by atoms with Gasteiger partial charge in [-0.2, -0.15) is 15.3 Å². The normalized spacial score (nSPS) is 21.7. The van der Waals surface area contributed by atoms with E-state index >= 15 is 0 Å². The topological polar surface area (TPSA) is 72.9 Å². The summed E-state index contributed by atoms with van der Waals surface area (Å²) in [6, 6.07) is 10.3. The fraction of sp³-hybridized carbons (Fsp3) is 0.353. The van der Waals surface area contributed by atoms with E-state index in [1.807, 2.05) is 36.1 Å². The zero-order valence-corrected chi connectivity index (χ0v) is 13.1. The van der Waals surface area contributed by atoms with Gasteiger partial charge in [0.25, 0.3) is 0 Å². The predicted molar refractivity (Wildman–Crippen MR) is 90.0 cm³/mol. The molecule has 23 heavy (non-hydrogen) atoms. The first-order chi connectivity index (χ1) is 11.2. The highest BCUT2D eigenvalue weighted by Crippen LogP contribution is 2.35. The van der Waals surface area contributed by atoms with Gasteiger partial charge in [-0.25, -0.2) is 0 Å². The maximum atomic E-state index is 6.49. The Morgan fingerprint density at radius 2 is 2.09 bits per heavy atom. The molecule has 2 N–H and O–H groups in total. The Morgan fingerprint density at radius 3 is 2.91 bits per heavy atom. The molecule has 2 aromatic heterocycles. The first-order valence-electron chi connectivity index (χ1n) is 7.96. The third kappa shape index (κ3) is 2.45. The van der Waals surface area contributed by atoms with Gasteiger partial charge in [0.05, 0.1) is 17.9 Å². The Morgan fingerprint density at radius 1 is 1.22 bits per heavy atom. The summed E-state index contributed by atoms with van der Waals surface area (Å²) >= 11 is 0. The second-order valence-electron chi connectivity index (χ2n) is 6.11. The van der Waals surface area contributed by atoms with E-state index in [-0.39, 0.29) is 12.1 Å². The van der Waals surface area contributed by atoms with Gasteiger partial charge in [0.2, 0.25) is 0 Å². The summed E-state index contributed by atoms with van der Waals surface area (Å²) in [7, 11) is 1.93. The third-order valence-electron chi connectivity index (χ3n) is 4.55. The summed E-state index contributed by atoms with van der Waals surface area (Å²) in [5.41, 5.74) is 7.44. The molecule has 0 bridgehead atoms. The van der Waals surface area contributed by atoms with E-state index in [4.69, 9.17) is 5.73 Å². The number of aryl methyl sites for hydroxylation is 1. The molecule has 1 saturated heterocycles. The Bertz CT molecular complexity index is 821. The molecule has 6 heteroatoms. The van der Waals surface area contributed by atoms with Crippen molar-refractivity contribution in [2.24, 2.45) is 12.8 Å². The van der Waals surface area contributed by atoms with E-state index in [0.717, 1.165) is 41.7 Å². The Labute approximate surface area is 134 Å². The minimum atomic E-state index is -0.00255. The van der Waals surface area contributed by atoms with Gasteiger partial charge in [-0.05, 0) is 12.8 Å². The molecular formula is C17H20N6. The van der Waals surface area contributed by atoms with Gasteiger partial charge in [-0.3, -0.25) is 4.68 Å². The average molecular weight is 308 g/mol. The lowest BCUT2D eigenvalue weighted by Crippen LogP contribution is -2.46. The van der Waals surface area contributed by atoms with Crippen LogP contribution in [0.2, 0.25) is 0 Å². The Kier molecular flexibility index (Phi) is 3.46. The highest BCUT2D eigenvalue weighted by Gasteiger charge is 2.34. The maximum absolute atomic E-state index is 6.49. The number of piperidine rings is 1. The molecule has 3 heterocycles. The molecule has 1 aliphatic rings. The van der Waals surface area contributed by atoms with Gasteiger partial charge in [-0.1, -0.05) is 24.3 Å². The molecule has 1 fully saturated rings. The smallest absolute Gasteiger partial charge is 0.151 e. The number of rotatable bonds is 2. The molecule has 0 amide bonds. The van der Waals surface area contributed by atoms with Crippen LogP contribution in [0, 0.1) is 0 Å². The average Bonchev–Trinajstić information content (AvgIpc) is 3.01. The number of fused-ring (bicyclic) bond motifs is 1. The van der Waals surface area contributed by atoms with Crippen LogP contribution >= 0.6 is 0 Å². The molecule has 0 spiro atoms. The van der Waals surface area contributed by atoms with E-state index < -0.39 is 0 Å². The molecule has 1 aliphatic heterocycles. The van der Waals surface area contributed by atoms with Crippen molar-refractivity contribution >= 4 is 16.6 Å². The molecular weight excluding hydrogens is 288 g/mol. The first kappa shape index (κ1) is 14.1. The van der Waals surface area contributed by atoms with Crippen molar-refractivity contribution in [2.45, 2.75) is 24.9 Å². The first-order valence-corrected chi connectivity index (χ1v) is 7.96. The van der Waals surface area contributed by atoms with Crippen molar-refractivity contribution in [1.29, 1.82) is 0 Å². The second-order valence-corrected chi connectivity index (χ2v) is 6.11. The quantitative estimate of drug-likeness (QED) is 0.784. The molecule has 6 nitrogen and oxygen atoms in total. The van der Waals surface area contributed by atoms with Crippen LogP contribution in [0.5, 0.6) is 0 Å². The molecule has 3 aromatic rings. The zero-order valence-electron chi connectivity index (χ0n) is 13.1. The van der Waals surface area contributed by atoms with Crippen LogP contribution < -0.4 is 10.6 Å². The van der Waals surface area contributed by atoms with Gasteiger partial charge < -0.3 is 10.6 Å². The predicted octanol–water partition coefficient (Wildman–Crippen LogP) is 2.03. The van der Waals surface area contributed by atoms with Gasteiger partial charge in [0, 0.05) is 42.7 Å². The summed E-state index contributed by atoms with van der Waals surface area (Å²) in [6.07, 6.45) is 5.81. The number of nitrogens with two attached hydrogens (primary N) is 1. The van der Waals surface area contributed by atoms with E-state index in [9.17, 15) is 0 Å². The van der Waals surface area contributed by atoms with Gasteiger partial charge in [0.15, 0.2) is 5.82 Å². The van der Waals surface area contributed by atoms with Crippen LogP contribution in [-0.2, 0) is 7.05 Å². The van der Waals surface area contributed by atoms with Gasteiger partial charge in [-0.15, -0.1) is 0 Å². The van der Waals surface area contributed by atoms with Crippen molar-refractivity contribution in [3.8, 4) is 0 Å². The molecule has 118 valence electrons. The lowest BCUT2D eigenvalue weighted by atomic mass is 9.92. The molecule has 2 atom stereocenters. The van der Waals surface area contributed by atoms with E-state index in [1.165, 1.54) is 0 Å². The standard InChI is InChI=1S/C17H20N6/c1-22-10-8-15(21-22)23-9-4-7-14(18)17(23)16-13-6-3-2-5-12(13)11-19-20-16/h2-3,5-6,8,10-11,14,17H,4,7,9,18H2,1H3. The summed E-state index contributed by atoms with van der Waals surface area (Å²) in [5.74, 6) is 0.947. The molecule has 1 aromatic carbocycles. The highest BCUT2D eigenvalue weighted by molar-refractivity contribution is 5.84. The van der Waals surface area contributed by atoms with Crippen molar-refractivity contribution in [3.63, 3.8) is 0 Å². The Hall–Kier alpha value is -2.47. The van der Waals surface area contributed by atoms with Crippen molar-refractivity contribution < 1.29 is 0 Å². The monoisotopic (exact) mass is 308 g/mol. The van der Waals surface area contributed by atoms with Crippen LogP contribution in [-0.4, -0.2) is 32.6 Å². The van der Waals surface area contributed by atoms with Crippen LogP contribution in [0.4, 0.5) is 5.82 Å². The van der Waals surface area contributed by atoms with E-state index in [0.29, 0.717) is 0 Å². The molecule has 0 saturated carbocycles. The summed E-state index contributed by atoms with van der Waals surface area (Å²) in [6.45, 7) is 0.931. The SMILES string of the molecule is Cn1ccc(N2CCCC(N)C2c2nncc3ccccc23)n1. The van der Waals surface area contributed by atoms with Crippen molar-refractivity contribution in [2.75, 3.05) is 11.4 Å². The van der Waals surface area contributed by atoms with Crippen LogP contribution in [0.15, 0.2) is 42.7 Å². The van der Waals surface area contributed by atoms with E-state index in [1.54, 1.807) is 6.20 Å². The molecule has 4 rings (SSSR count). The van der Waals surface area contributed by atoms with Crippen LogP contribution in [0.3, 0.4) is 0 Å². The van der Waals surface area contributed by atoms with Gasteiger partial charge in [0.1, 0.15) is 0 Å².